The Morgan fingerprint density at radius 2 is 1.70 bits per heavy atom. The zero-order chi connectivity index (χ0) is 23.7. The maximum Gasteiger partial charge on any atom is 0.228 e. The van der Waals surface area contributed by atoms with Gasteiger partial charge in [0.25, 0.3) is 0 Å². The second kappa shape index (κ2) is 9.75. The molecule has 1 heterocycles. The van der Waals surface area contributed by atoms with E-state index in [9.17, 15) is 14.4 Å². The number of allylic oxidation sites excluding steroid dienone is 2. The van der Waals surface area contributed by atoms with Crippen LogP contribution in [-0.4, -0.2) is 61.2 Å². The third kappa shape index (κ3) is 4.12. The van der Waals surface area contributed by atoms with Gasteiger partial charge in [0.05, 0.1) is 14.2 Å². The van der Waals surface area contributed by atoms with Crippen LogP contribution >= 0.6 is 11.8 Å². The van der Waals surface area contributed by atoms with E-state index in [1.54, 1.807) is 6.92 Å². The predicted octanol–water partition coefficient (Wildman–Crippen LogP) is 3.52. The zero-order valence-corrected chi connectivity index (χ0v) is 20.5. The fourth-order valence-corrected chi connectivity index (χ4v) is 6.39. The lowest BCUT2D eigenvalue weighted by Crippen LogP contribution is -2.45. The number of ketones is 2. The SMILES string of the molecule is COC1=C(OC)C(=O)C([C@H]2c3ccccc3CC[C@@H]2[C@H](C)C(=O)N2CCSCC2)=C(C)C1=O. The van der Waals surface area contributed by atoms with Crippen LogP contribution in [0.5, 0.6) is 0 Å². The molecule has 1 aromatic rings. The van der Waals surface area contributed by atoms with Crippen LogP contribution in [0.3, 0.4) is 0 Å². The summed E-state index contributed by atoms with van der Waals surface area (Å²) in [4.78, 5) is 42.2. The van der Waals surface area contributed by atoms with Crippen LogP contribution in [0, 0.1) is 11.8 Å². The Hall–Kier alpha value is -2.54. The Morgan fingerprint density at radius 1 is 1.06 bits per heavy atom. The average molecular weight is 470 g/mol. The maximum atomic E-state index is 13.7. The first-order chi connectivity index (χ1) is 15.9. The molecular weight excluding hydrogens is 438 g/mol. The van der Waals surface area contributed by atoms with Crippen LogP contribution in [0.4, 0.5) is 0 Å². The second-order valence-corrected chi connectivity index (χ2v) is 10.1. The molecule has 0 unspecified atom stereocenters. The molecule has 1 amide bonds. The number of Topliss-reactive ketones (excluding diaryl/α,β-unsaturated/α-hetero) is 2. The molecule has 3 aliphatic rings. The Morgan fingerprint density at radius 3 is 2.36 bits per heavy atom. The smallest absolute Gasteiger partial charge is 0.228 e. The van der Waals surface area contributed by atoms with Crippen molar-refractivity contribution in [2.24, 2.45) is 11.8 Å². The minimum atomic E-state index is -0.354. The van der Waals surface area contributed by atoms with Gasteiger partial charge in [-0.25, -0.2) is 0 Å². The zero-order valence-electron chi connectivity index (χ0n) is 19.7. The van der Waals surface area contributed by atoms with Crippen molar-refractivity contribution < 1.29 is 23.9 Å². The van der Waals surface area contributed by atoms with Crippen molar-refractivity contribution in [1.29, 1.82) is 0 Å². The van der Waals surface area contributed by atoms with E-state index in [0.717, 1.165) is 48.6 Å². The van der Waals surface area contributed by atoms with E-state index in [2.05, 4.69) is 6.07 Å². The van der Waals surface area contributed by atoms with Crippen LogP contribution in [0.15, 0.2) is 46.9 Å². The minimum absolute atomic E-state index is 0.0562. The lowest BCUT2D eigenvalue weighted by Gasteiger charge is -2.41. The first kappa shape index (κ1) is 23.6. The third-order valence-electron chi connectivity index (χ3n) is 7.25. The van der Waals surface area contributed by atoms with E-state index in [1.165, 1.54) is 14.2 Å². The van der Waals surface area contributed by atoms with Crippen LogP contribution in [-0.2, 0) is 30.3 Å². The molecule has 0 saturated carbocycles. The van der Waals surface area contributed by atoms with Crippen molar-refractivity contribution in [2.45, 2.75) is 32.6 Å². The number of ether oxygens (including phenoxy) is 2. The molecule has 4 rings (SSSR count). The number of thioether (sulfide) groups is 1. The topological polar surface area (TPSA) is 72.9 Å². The van der Waals surface area contributed by atoms with Gasteiger partial charge >= 0.3 is 0 Å². The molecule has 176 valence electrons. The molecular formula is C26H31NO5S. The number of amides is 1. The van der Waals surface area contributed by atoms with Gasteiger partial charge < -0.3 is 14.4 Å². The fraction of sp³-hybridized carbons (Fsp3) is 0.500. The van der Waals surface area contributed by atoms with Gasteiger partial charge in [0, 0.05) is 47.6 Å². The van der Waals surface area contributed by atoms with Gasteiger partial charge in [-0.2, -0.15) is 11.8 Å². The van der Waals surface area contributed by atoms with E-state index in [0.29, 0.717) is 11.1 Å². The normalized spacial score (nSPS) is 24.5. The molecule has 1 aromatic carbocycles. The number of benzene rings is 1. The number of methoxy groups -OCH3 is 2. The largest absolute Gasteiger partial charge is 0.489 e. The number of nitrogens with zero attached hydrogens (tertiary/aromatic N) is 1. The Kier molecular flexibility index (Phi) is 6.98. The Balaban J connectivity index is 1.80. The Bertz CT molecular complexity index is 1040. The highest BCUT2D eigenvalue weighted by atomic mass is 32.2. The number of carbonyl (C=O) groups excluding carboxylic acids is 3. The Labute approximate surface area is 199 Å². The lowest BCUT2D eigenvalue weighted by molar-refractivity contribution is -0.137. The molecule has 0 spiro atoms. The van der Waals surface area contributed by atoms with Gasteiger partial charge in [0.1, 0.15) is 0 Å². The quantitative estimate of drug-likeness (QED) is 0.615. The standard InChI is InChI=1S/C26H31NO5S/c1-15(26(30)27-11-13-33-14-12-27)18-10-9-17-7-5-6-8-19(17)21(18)20-16(2)22(28)24(31-3)25(32-4)23(20)29/h5-8,15,18,21H,9-14H2,1-4H3/t15-,18+,21+/m0/s1. The summed E-state index contributed by atoms with van der Waals surface area (Å²) in [6, 6.07) is 8.06. The van der Waals surface area contributed by atoms with E-state index in [-0.39, 0.29) is 46.7 Å². The maximum absolute atomic E-state index is 13.7. The number of hydrogen-bond donors (Lipinski definition) is 0. The molecule has 6 nitrogen and oxygen atoms in total. The van der Waals surface area contributed by atoms with Gasteiger partial charge in [0.15, 0.2) is 0 Å². The molecule has 0 bridgehead atoms. The molecule has 0 aromatic heterocycles. The van der Waals surface area contributed by atoms with Crippen molar-refractivity contribution in [3.63, 3.8) is 0 Å². The van der Waals surface area contributed by atoms with Gasteiger partial charge in [-0.15, -0.1) is 0 Å². The molecule has 0 radical (unpaired) electrons. The molecule has 0 N–H and O–H groups in total. The molecule has 3 atom stereocenters. The first-order valence-corrected chi connectivity index (χ1v) is 12.6. The summed E-state index contributed by atoms with van der Waals surface area (Å²) in [7, 11) is 2.75. The minimum Gasteiger partial charge on any atom is -0.489 e. The monoisotopic (exact) mass is 469 g/mol. The van der Waals surface area contributed by atoms with Crippen molar-refractivity contribution >= 4 is 29.2 Å². The number of carbonyl (C=O) groups is 3. The van der Waals surface area contributed by atoms with Crippen LogP contribution in [0.1, 0.15) is 37.3 Å². The number of aryl methyl sites for hydroxylation is 1. The summed E-state index contributed by atoms with van der Waals surface area (Å²) in [6.07, 6.45) is 1.62. The van der Waals surface area contributed by atoms with Crippen molar-refractivity contribution in [2.75, 3.05) is 38.8 Å². The molecule has 1 saturated heterocycles. The molecule has 1 fully saturated rings. The highest BCUT2D eigenvalue weighted by molar-refractivity contribution is 7.99. The third-order valence-corrected chi connectivity index (χ3v) is 8.19. The second-order valence-electron chi connectivity index (χ2n) is 8.87. The van der Waals surface area contributed by atoms with Crippen molar-refractivity contribution in [1.82, 2.24) is 4.90 Å². The van der Waals surface area contributed by atoms with Crippen LogP contribution in [0.2, 0.25) is 0 Å². The summed E-state index contributed by atoms with van der Waals surface area (Å²) in [6.45, 7) is 5.18. The van der Waals surface area contributed by atoms with Crippen molar-refractivity contribution in [3.8, 4) is 0 Å². The fourth-order valence-electron chi connectivity index (χ4n) is 5.48. The average Bonchev–Trinajstić information content (AvgIpc) is 2.85. The summed E-state index contributed by atoms with van der Waals surface area (Å²) >= 11 is 1.87. The van der Waals surface area contributed by atoms with Crippen LogP contribution in [0.25, 0.3) is 0 Å². The highest BCUT2D eigenvalue weighted by Gasteiger charge is 2.45. The summed E-state index contributed by atoms with van der Waals surface area (Å²) in [5.74, 6) is 0.550. The van der Waals surface area contributed by atoms with Gasteiger partial charge in [-0.05, 0) is 36.8 Å². The predicted molar refractivity (Wildman–Crippen MR) is 128 cm³/mol. The molecule has 7 heteroatoms. The van der Waals surface area contributed by atoms with Gasteiger partial charge in [0.2, 0.25) is 29.0 Å². The number of fused-ring (bicyclic) bond motifs is 1. The lowest BCUT2D eigenvalue weighted by atomic mass is 9.64. The summed E-state index contributed by atoms with van der Waals surface area (Å²) in [5.41, 5.74) is 2.99. The number of hydrogen-bond acceptors (Lipinski definition) is 6. The highest BCUT2D eigenvalue weighted by Crippen LogP contribution is 2.48. The van der Waals surface area contributed by atoms with E-state index < -0.39 is 0 Å². The van der Waals surface area contributed by atoms with Crippen LogP contribution < -0.4 is 0 Å². The summed E-state index contributed by atoms with van der Waals surface area (Å²) < 4.78 is 10.6. The summed E-state index contributed by atoms with van der Waals surface area (Å²) in [5, 5.41) is 0. The molecule has 1 aliphatic heterocycles. The van der Waals surface area contributed by atoms with E-state index >= 15 is 0 Å². The van der Waals surface area contributed by atoms with Gasteiger partial charge in [-0.3, -0.25) is 14.4 Å². The molecule has 2 aliphatic carbocycles. The van der Waals surface area contributed by atoms with E-state index in [1.807, 2.05) is 41.8 Å². The van der Waals surface area contributed by atoms with E-state index in [4.69, 9.17) is 9.47 Å². The van der Waals surface area contributed by atoms with Gasteiger partial charge in [-0.1, -0.05) is 31.2 Å². The number of rotatable bonds is 5. The van der Waals surface area contributed by atoms with Crippen molar-refractivity contribution in [3.05, 3.63) is 58.1 Å². The molecule has 33 heavy (non-hydrogen) atoms. The first-order valence-electron chi connectivity index (χ1n) is 11.5.